The predicted molar refractivity (Wildman–Crippen MR) is 151 cm³/mol. The summed E-state index contributed by atoms with van der Waals surface area (Å²) in [7, 11) is -3.32. The van der Waals surface area contributed by atoms with E-state index in [9.17, 15) is 26.4 Å². The molecule has 42 heavy (non-hydrogen) atoms. The third-order valence-corrected chi connectivity index (χ3v) is 11.1. The smallest absolute Gasteiger partial charge is 0.366 e. The summed E-state index contributed by atoms with van der Waals surface area (Å²) in [5, 5.41) is 0. The lowest BCUT2D eigenvalue weighted by molar-refractivity contribution is -0.145. The molecule has 0 aromatic carbocycles. The first-order valence-electron chi connectivity index (χ1n) is 13.9. The van der Waals surface area contributed by atoms with Crippen molar-refractivity contribution in [2.75, 3.05) is 18.8 Å². The maximum Gasteiger partial charge on any atom is 0.451 e. The molecule has 8 nitrogen and oxygen atoms in total. The van der Waals surface area contributed by atoms with Crippen molar-refractivity contribution in [3.8, 4) is 0 Å². The van der Waals surface area contributed by atoms with Gasteiger partial charge in [-0.1, -0.05) is 6.92 Å². The van der Waals surface area contributed by atoms with Crippen LogP contribution in [0.25, 0.3) is 0 Å². The SMILES string of the molecule is CCS(=O)(=O)c1ccc(CCC(=O)c2cc3c(s2)C2(CCN(Cc4cnc(C(F)(F)F)nc4C)CC2)O[C@H](C)C3)nc1. The minimum atomic E-state index is -4.57. The summed E-state index contributed by atoms with van der Waals surface area (Å²) in [4.78, 5) is 28.7. The molecule has 0 unspecified atom stereocenters. The zero-order chi connectivity index (χ0) is 30.3. The van der Waals surface area contributed by atoms with E-state index in [1.807, 2.05) is 13.0 Å². The number of ether oxygens (including phenoxy) is 1. The van der Waals surface area contributed by atoms with Crippen molar-refractivity contribution in [1.82, 2.24) is 19.9 Å². The molecule has 1 spiro atoms. The summed E-state index contributed by atoms with van der Waals surface area (Å²) in [6.07, 6.45) is 0.842. The van der Waals surface area contributed by atoms with Crippen LogP contribution in [-0.4, -0.2) is 59.0 Å². The Kier molecular flexibility index (Phi) is 8.58. The number of sulfone groups is 1. The first kappa shape index (κ1) is 30.7. The van der Waals surface area contributed by atoms with E-state index in [-0.39, 0.29) is 29.0 Å². The normalized spacial score (nSPS) is 19.1. The topological polar surface area (TPSA) is 102 Å². The van der Waals surface area contributed by atoms with Gasteiger partial charge < -0.3 is 4.74 Å². The Morgan fingerprint density at radius 2 is 1.93 bits per heavy atom. The molecule has 0 radical (unpaired) electrons. The Balaban J connectivity index is 1.24. The standard InChI is InChI=1S/C29H33F3N4O4S2/c1-4-42(38,39)23-7-5-22(33-16-23)6-8-24(37)25-14-20-13-18(2)40-28(26(20)41-25)9-11-36(12-10-28)17-21-15-34-27(29(30,31)32)35-19(21)3/h5,7,14-16,18H,4,6,8-13,17H2,1-3H3/t18-/m1/s1. The van der Waals surface area contributed by atoms with Gasteiger partial charge in [0.2, 0.25) is 5.82 Å². The van der Waals surface area contributed by atoms with Crippen LogP contribution in [0.4, 0.5) is 13.2 Å². The molecule has 3 aromatic heterocycles. The average Bonchev–Trinajstić information content (AvgIpc) is 3.39. The molecule has 1 atom stereocenters. The molecule has 1 fully saturated rings. The number of aryl methyl sites for hydroxylation is 2. The fourth-order valence-electron chi connectivity index (χ4n) is 5.61. The second-order valence-corrected chi connectivity index (χ2v) is 14.3. The molecule has 0 N–H and O–H groups in total. The number of thiophene rings is 1. The quantitative estimate of drug-likeness (QED) is 0.311. The van der Waals surface area contributed by atoms with Gasteiger partial charge in [0.25, 0.3) is 0 Å². The zero-order valence-electron chi connectivity index (χ0n) is 23.7. The maximum atomic E-state index is 13.2. The Bertz CT molecular complexity index is 1560. The molecular weight excluding hydrogens is 589 g/mol. The van der Waals surface area contributed by atoms with E-state index in [4.69, 9.17) is 4.74 Å². The number of halogens is 3. The van der Waals surface area contributed by atoms with Crippen molar-refractivity contribution in [2.45, 2.75) is 82.2 Å². The van der Waals surface area contributed by atoms with Gasteiger partial charge >= 0.3 is 6.18 Å². The van der Waals surface area contributed by atoms with Gasteiger partial charge in [-0.2, -0.15) is 13.2 Å². The molecular formula is C29H33F3N4O4S2. The Hall–Kier alpha value is -2.74. The van der Waals surface area contributed by atoms with Gasteiger partial charge in [-0.25, -0.2) is 18.4 Å². The number of alkyl halides is 3. The van der Waals surface area contributed by atoms with Crippen LogP contribution in [0, 0.1) is 6.92 Å². The van der Waals surface area contributed by atoms with Crippen LogP contribution < -0.4 is 0 Å². The van der Waals surface area contributed by atoms with Gasteiger partial charge in [-0.15, -0.1) is 11.3 Å². The van der Waals surface area contributed by atoms with Crippen LogP contribution in [0.1, 0.15) is 76.0 Å². The summed E-state index contributed by atoms with van der Waals surface area (Å²) in [6, 6.07) is 5.19. The number of carbonyl (C=O) groups excluding carboxylic acids is 1. The number of likely N-dealkylation sites (tertiary alicyclic amines) is 1. The summed E-state index contributed by atoms with van der Waals surface area (Å²) < 4.78 is 69.5. The number of hydrogen-bond acceptors (Lipinski definition) is 9. The first-order valence-corrected chi connectivity index (χ1v) is 16.4. The highest BCUT2D eigenvalue weighted by Gasteiger charge is 2.44. The number of rotatable bonds is 8. The number of fused-ring (bicyclic) bond motifs is 2. The number of aromatic nitrogens is 3. The average molecular weight is 623 g/mol. The number of piperidine rings is 1. The van der Waals surface area contributed by atoms with E-state index in [0.29, 0.717) is 60.7 Å². The van der Waals surface area contributed by atoms with Crippen LogP contribution in [-0.2, 0) is 45.7 Å². The molecule has 0 aliphatic carbocycles. The number of pyridine rings is 1. The lowest BCUT2D eigenvalue weighted by Crippen LogP contribution is -2.47. The minimum Gasteiger partial charge on any atom is -0.366 e. The van der Waals surface area contributed by atoms with Crippen molar-refractivity contribution < 1.29 is 31.1 Å². The van der Waals surface area contributed by atoms with Crippen LogP contribution in [0.5, 0.6) is 0 Å². The summed E-state index contributed by atoms with van der Waals surface area (Å²) in [6.45, 7) is 7.01. The summed E-state index contributed by atoms with van der Waals surface area (Å²) in [5.74, 6) is -1.11. The van der Waals surface area contributed by atoms with Crippen molar-refractivity contribution in [2.24, 2.45) is 0 Å². The molecule has 2 aliphatic heterocycles. The first-order chi connectivity index (χ1) is 19.8. The second kappa shape index (κ2) is 11.7. The maximum absolute atomic E-state index is 13.2. The number of Topliss-reactive ketones (excluding diaryl/α,β-unsaturated/α-hetero) is 1. The van der Waals surface area contributed by atoms with Gasteiger partial charge in [-0.3, -0.25) is 14.7 Å². The van der Waals surface area contributed by atoms with Gasteiger partial charge in [0, 0.05) is 60.3 Å². The molecule has 5 heterocycles. The van der Waals surface area contributed by atoms with Gasteiger partial charge in [0.05, 0.1) is 21.6 Å². The van der Waals surface area contributed by atoms with Crippen LogP contribution in [0.3, 0.4) is 0 Å². The largest absolute Gasteiger partial charge is 0.451 e. The molecule has 0 amide bonds. The Morgan fingerprint density at radius 1 is 1.19 bits per heavy atom. The van der Waals surface area contributed by atoms with Crippen LogP contribution in [0.2, 0.25) is 0 Å². The third kappa shape index (κ3) is 6.43. The molecule has 13 heteroatoms. The third-order valence-electron chi connectivity index (χ3n) is 7.97. The van der Waals surface area contributed by atoms with Gasteiger partial charge in [0.1, 0.15) is 5.60 Å². The summed E-state index contributed by atoms with van der Waals surface area (Å²) >= 11 is 1.49. The molecule has 3 aromatic rings. The molecule has 1 saturated heterocycles. The van der Waals surface area contributed by atoms with E-state index in [0.717, 1.165) is 16.9 Å². The van der Waals surface area contributed by atoms with Crippen LogP contribution >= 0.6 is 11.3 Å². The Labute approximate surface area is 247 Å². The van der Waals surface area contributed by atoms with Crippen molar-refractivity contribution in [3.63, 3.8) is 0 Å². The number of carbonyl (C=O) groups is 1. The predicted octanol–water partition coefficient (Wildman–Crippen LogP) is 5.32. The van der Waals surface area contributed by atoms with E-state index in [1.165, 1.54) is 29.8 Å². The molecule has 0 bridgehead atoms. The highest BCUT2D eigenvalue weighted by Crippen LogP contribution is 2.47. The molecule has 5 rings (SSSR count). The number of nitrogens with zero attached hydrogens (tertiary/aromatic N) is 4. The lowest BCUT2D eigenvalue weighted by atomic mass is 9.84. The zero-order valence-corrected chi connectivity index (χ0v) is 25.3. The molecule has 226 valence electrons. The molecule has 2 aliphatic rings. The van der Waals surface area contributed by atoms with E-state index >= 15 is 0 Å². The lowest BCUT2D eigenvalue weighted by Gasteiger charge is -2.45. The fourth-order valence-corrected chi connectivity index (χ4v) is 7.78. The van der Waals surface area contributed by atoms with Crippen molar-refractivity contribution in [3.05, 3.63) is 68.7 Å². The number of hydrogen-bond donors (Lipinski definition) is 0. The van der Waals surface area contributed by atoms with E-state index in [2.05, 4.69) is 19.9 Å². The van der Waals surface area contributed by atoms with Crippen molar-refractivity contribution >= 4 is 27.0 Å². The second-order valence-electron chi connectivity index (χ2n) is 11.0. The number of ketones is 1. The van der Waals surface area contributed by atoms with E-state index < -0.39 is 27.4 Å². The van der Waals surface area contributed by atoms with Gasteiger partial charge in [-0.05, 0) is 63.3 Å². The fraction of sp³-hybridized carbons (Fsp3) is 0.517. The highest BCUT2D eigenvalue weighted by molar-refractivity contribution is 7.91. The monoisotopic (exact) mass is 622 g/mol. The minimum absolute atomic E-state index is 0.00515. The highest BCUT2D eigenvalue weighted by atomic mass is 32.2. The molecule has 0 saturated carbocycles. The summed E-state index contributed by atoms with van der Waals surface area (Å²) in [5.41, 5.74) is 2.28. The van der Waals surface area contributed by atoms with E-state index in [1.54, 1.807) is 19.9 Å². The van der Waals surface area contributed by atoms with Gasteiger partial charge in [0.15, 0.2) is 15.6 Å². The van der Waals surface area contributed by atoms with Crippen LogP contribution in [0.15, 0.2) is 35.5 Å². The van der Waals surface area contributed by atoms with Crippen molar-refractivity contribution in [1.29, 1.82) is 0 Å². The Morgan fingerprint density at radius 3 is 2.55 bits per heavy atom.